The zero-order valence-electron chi connectivity index (χ0n) is 16.9. The molecule has 0 bridgehead atoms. The first-order chi connectivity index (χ1) is 13.4. The summed E-state index contributed by atoms with van der Waals surface area (Å²) in [5.41, 5.74) is 3.12. The highest BCUT2D eigenvalue weighted by Crippen LogP contribution is 2.23. The molecule has 1 aliphatic rings. The first-order valence-electron chi connectivity index (χ1n) is 9.92. The minimum atomic E-state index is 0.0973. The van der Waals surface area contributed by atoms with E-state index in [1.54, 1.807) is 0 Å². The first-order valence-corrected chi connectivity index (χ1v) is 9.92. The Bertz CT molecular complexity index is 981. The van der Waals surface area contributed by atoms with E-state index in [9.17, 15) is 4.79 Å². The van der Waals surface area contributed by atoms with E-state index in [-0.39, 0.29) is 11.3 Å². The minimum absolute atomic E-state index is 0.0973. The molecule has 4 heteroatoms. The number of amides is 1. The highest BCUT2D eigenvalue weighted by atomic mass is 16.2. The fraction of sp³-hybridized carbons (Fsp3) is 0.333. The van der Waals surface area contributed by atoms with Gasteiger partial charge in [-0.15, -0.1) is 0 Å². The van der Waals surface area contributed by atoms with E-state index in [0.29, 0.717) is 13.1 Å². The maximum Gasteiger partial charge on any atom is 0.253 e. The van der Waals surface area contributed by atoms with Crippen LogP contribution in [0.1, 0.15) is 36.7 Å². The van der Waals surface area contributed by atoms with Crippen LogP contribution in [0.2, 0.25) is 0 Å². The summed E-state index contributed by atoms with van der Waals surface area (Å²) in [7, 11) is 0. The van der Waals surface area contributed by atoms with Crippen LogP contribution in [0, 0.1) is 0 Å². The summed E-state index contributed by atoms with van der Waals surface area (Å²) in [6.07, 6.45) is 0. The molecule has 1 aromatic heterocycles. The fourth-order valence-corrected chi connectivity index (χ4v) is 3.67. The summed E-state index contributed by atoms with van der Waals surface area (Å²) in [6, 6.07) is 20.4. The van der Waals surface area contributed by atoms with Gasteiger partial charge in [0.15, 0.2) is 0 Å². The number of aromatic nitrogens is 1. The molecule has 2 aromatic carbocycles. The second kappa shape index (κ2) is 7.27. The van der Waals surface area contributed by atoms with E-state index in [1.807, 2.05) is 35.2 Å². The molecule has 0 spiro atoms. The van der Waals surface area contributed by atoms with Crippen molar-refractivity contribution in [2.45, 2.75) is 26.2 Å². The summed E-state index contributed by atoms with van der Waals surface area (Å²) >= 11 is 0. The Labute approximate surface area is 166 Å². The van der Waals surface area contributed by atoms with E-state index in [0.717, 1.165) is 35.4 Å². The van der Waals surface area contributed by atoms with E-state index < -0.39 is 0 Å². The first kappa shape index (κ1) is 18.5. The molecule has 3 aromatic rings. The average Bonchev–Trinajstić information content (AvgIpc) is 2.72. The molecular formula is C24H27N3O. The number of rotatable bonds is 2. The van der Waals surface area contributed by atoms with Crippen molar-refractivity contribution in [2.24, 2.45) is 0 Å². The fourth-order valence-electron chi connectivity index (χ4n) is 3.67. The molecule has 28 heavy (non-hydrogen) atoms. The molecule has 0 unspecified atom stereocenters. The Balaban J connectivity index is 1.42. The Morgan fingerprint density at radius 3 is 2.21 bits per heavy atom. The average molecular weight is 374 g/mol. The summed E-state index contributed by atoms with van der Waals surface area (Å²) in [5, 5.41) is 1.15. The number of carbonyl (C=O) groups is 1. The Kier molecular flexibility index (Phi) is 4.80. The second-order valence-electron chi connectivity index (χ2n) is 8.47. The second-order valence-corrected chi connectivity index (χ2v) is 8.47. The maximum atomic E-state index is 12.9. The summed E-state index contributed by atoms with van der Waals surface area (Å²) in [5.74, 6) is 1.10. The van der Waals surface area contributed by atoms with Gasteiger partial charge in [-0.1, -0.05) is 51.1 Å². The van der Waals surface area contributed by atoms with Gasteiger partial charge in [0.2, 0.25) is 0 Å². The molecule has 1 amide bonds. The van der Waals surface area contributed by atoms with Gasteiger partial charge in [-0.3, -0.25) is 4.79 Å². The zero-order valence-corrected chi connectivity index (χ0v) is 16.9. The number of hydrogen-bond acceptors (Lipinski definition) is 3. The van der Waals surface area contributed by atoms with Crippen molar-refractivity contribution < 1.29 is 4.79 Å². The molecule has 0 saturated carbocycles. The third-order valence-electron chi connectivity index (χ3n) is 5.47. The van der Waals surface area contributed by atoms with Gasteiger partial charge in [0.25, 0.3) is 5.91 Å². The van der Waals surface area contributed by atoms with Crippen molar-refractivity contribution in [3.63, 3.8) is 0 Å². The third kappa shape index (κ3) is 3.72. The maximum absolute atomic E-state index is 12.9. The zero-order chi connectivity index (χ0) is 19.7. The SMILES string of the molecule is CC(C)(C)c1ccc(C(=O)N2CCN(c3ccc4ccccc4n3)CC2)cc1. The Morgan fingerprint density at radius 1 is 0.857 bits per heavy atom. The van der Waals surface area contributed by atoms with Crippen molar-refractivity contribution in [1.29, 1.82) is 0 Å². The number of nitrogens with zero attached hydrogens (tertiary/aromatic N) is 3. The van der Waals surface area contributed by atoms with Crippen molar-refractivity contribution >= 4 is 22.6 Å². The molecule has 1 saturated heterocycles. The summed E-state index contributed by atoms with van der Waals surface area (Å²) in [4.78, 5) is 21.9. The molecule has 1 fully saturated rings. The molecule has 0 aliphatic carbocycles. The van der Waals surface area contributed by atoms with Crippen LogP contribution in [-0.2, 0) is 5.41 Å². The van der Waals surface area contributed by atoms with Crippen LogP contribution in [0.3, 0.4) is 0 Å². The third-order valence-corrected chi connectivity index (χ3v) is 5.47. The highest BCUT2D eigenvalue weighted by Gasteiger charge is 2.23. The van der Waals surface area contributed by atoms with Gasteiger partial charge < -0.3 is 9.80 Å². The van der Waals surface area contributed by atoms with Crippen molar-refractivity contribution in [3.05, 3.63) is 71.8 Å². The van der Waals surface area contributed by atoms with Gasteiger partial charge >= 0.3 is 0 Å². The smallest absolute Gasteiger partial charge is 0.253 e. The van der Waals surface area contributed by atoms with Crippen LogP contribution in [0.5, 0.6) is 0 Å². The van der Waals surface area contributed by atoms with Gasteiger partial charge in [0.1, 0.15) is 5.82 Å². The molecular weight excluding hydrogens is 346 g/mol. The topological polar surface area (TPSA) is 36.4 Å². The lowest BCUT2D eigenvalue weighted by Gasteiger charge is -2.35. The van der Waals surface area contributed by atoms with E-state index in [1.165, 1.54) is 5.56 Å². The van der Waals surface area contributed by atoms with Crippen LogP contribution >= 0.6 is 0 Å². The molecule has 0 N–H and O–H groups in total. The molecule has 4 nitrogen and oxygen atoms in total. The predicted octanol–water partition coefficient (Wildman–Crippen LogP) is 4.49. The lowest BCUT2D eigenvalue weighted by molar-refractivity contribution is 0.0746. The predicted molar refractivity (Wildman–Crippen MR) is 115 cm³/mol. The number of piperazine rings is 1. The number of anilines is 1. The summed E-state index contributed by atoms with van der Waals surface area (Å²) < 4.78 is 0. The molecule has 0 atom stereocenters. The normalized spacial score (nSPS) is 15.1. The van der Waals surface area contributed by atoms with Crippen molar-refractivity contribution in [3.8, 4) is 0 Å². The van der Waals surface area contributed by atoms with Crippen LogP contribution in [-0.4, -0.2) is 42.0 Å². The highest BCUT2D eigenvalue weighted by molar-refractivity contribution is 5.94. The molecule has 144 valence electrons. The van der Waals surface area contributed by atoms with Crippen molar-refractivity contribution in [1.82, 2.24) is 9.88 Å². The van der Waals surface area contributed by atoms with Crippen LogP contribution in [0.25, 0.3) is 10.9 Å². The van der Waals surface area contributed by atoms with Gasteiger partial charge in [-0.2, -0.15) is 0 Å². The number of benzene rings is 2. The van der Waals surface area contributed by atoms with Crippen LogP contribution in [0.4, 0.5) is 5.82 Å². The number of pyridine rings is 1. The Hall–Kier alpha value is -2.88. The van der Waals surface area contributed by atoms with Gasteiger partial charge in [-0.25, -0.2) is 4.98 Å². The minimum Gasteiger partial charge on any atom is -0.353 e. The largest absolute Gasteiger partial charge is 0.353 e. The van der Waals surface area contributed by atoms with Crippen LogP contribution < -0.4 is 4.90 Å². The number of para-hydroxylation sites is 1. The van der Waals surface area contributed by atoms with Crippen LogP contribution in [0.15, 0.2) is 60.7 Å². The summed E-state index contributed by atoms with van der Waals surface area (Å²) in [6.45, 7) is 9.59. The number of carbonyl (C=O) groups excluding carboxylic acids is 1. The quantitative estimate of drug-likeness (QED) is 0.664. The van der Waals surface area contributed by atoms with Gasteiger partial charge in [-0.05, 0) is 41.3 Å². The number of fused-ring (bicyclic) bond motifs is 1. The van der Waals surface area contributed by atoms with E-state index >= 15 is 0 Å². The van der Waals surface area contributed by atoms with Crippen molar-refractivity contribution in [2.75, 3.05) is 31.1 Å². The Morgan fingerprint density at radius 2 is 1.54 bits per heavy atom. The lowest BCUT2D eigenvalue weighted by Crippen LogP contribution is -2.49. The van der Waals surface area contributed by atoms with Gasteiger partial charge in [0, 0.05) is 37.1 Å². The molecule has 2 heterocycles. The lowest BCUT2D eigenvalue weighted by atomic mass is 9.86. The van der Waals surface area contributed by atoms with E-state index in [2.05, 4.69) is 56.0 Å². The monoisotopic (exact) mass is 373 g/mol. The standard InChI is InChI=1S/C24H27N3O/c1-24(2,3)20-11-8-19(9-12-20)23(28)27-16-14-26(15-17-27)22-13-10-18-6-4-5-7-21(18)25-22/h4-13H,14-17H2,1-3H3. The number of hydrogen-bond donors (Lipinski definition) is 0. The van der Waals surface area contributed by atoms with E-state index in [4.69, 9.17) is 4.98 Å². The van der Waals surface area contributed by atoms with Gasteiger partial charge in [0.05, 0.1) is 5.52 Å². The molecule has 1 aliphatic heterocycles. The molecule has 4 rings (SSSR count). The molecule has 0 radical (unpaired) electrons.